The molecule has 100 valence electrons. The first-order valence-corrected chi connectivity index (χ1v) is 6.17. The van der Waals surface area contributed by atoms with Gasteiger partial charge >= 0.3 is 0 Å². The van der Waals surface area contributed by atoms with Gasteiger partial charge in [-0.25, -0.2) is 10.0 Å². The molecule has 2 unspecified atom stereocenters. The number of amides is 1. The van der Waals surface area contributed by atoms with Gasteiger partial charge in [-0.05, 0) is 0 Å². The average Bonchev–Trinajstić information content (AvgIpc) is 2.92. The second kappa shape index (κ2) is 4.99. The fourth-order valence-electron chi connectivity index (χ4n) is 2.44. The van der Waals surface area contributed by atoms with Crippen molar-refractivity contribution in [2.24, 2.45) is 0 Å². The molecule has 0 aliphatic carbocycles. The van der Waals surface area contributed by atoms with Crippen molar-refractivity contribution in [2.75, 3.05) is 26.2 Å². The van der Waals surface area contributed by atoms with Crippen LogP contribution in [0.5, 0.6) is 0 Å². The van der Waals surface area contributed by atoms with Crippen molar-refractivity contribution in [2.45, 2.75) is 6.04 Å². The first-order valence-electron chi connectivity index (χ1n) is 6.17. The number of carbonyl (C=O) groups is 1. The maximum atomic E-state index is 12.1. The molecule has 0 aromatic carbocycles. The van der Waals surface area contributed by atoms with E-state index in [1.165, 1.54) is 11.3 Å². The fourth-order valence-corrected chi connectivity index (χ4v) is 2.44. The number of oxazole rings is 1. The quantitative estimate of drug-likeness (QED) is 0.747. The lowest BCUT2D eigenvalue weighted by Crippen LogP contribution is -2.58. The summed E-state index contributed by atoms with van der Waals surface area (Å²) >= 11 is 0. The third-order valence-corrected chi connectivity index (χ3v) is 3.26. The molecule has 19 heavy (non-hydrogen) atoms. The number of piperazine rings is 1. The Kier molecular flexibility index (Phi) is 3.18. The Hall–Kier alpha value is -1.92. The summed E-state index contributed by atoms with van der Waals surface area (Å²) in [5.74, 6) is 0.502. The van der Waals surface area contributed by atoms with Gasteiger partial charge in [-0.1, -0.05) is 12.2 Å². The number of fused-ring (bicyclic) bond motifs is 2. The van der Waals surface area contributed by atoms with Gasteiger partial charge in [0.05, 0.1) is 19.3 Å². The van der Waals surface area contributed by atoms with Gasteiger partial charge in [-0.2, -0.15) is 0 Å². The first-order chi connectivity index (χ1) is 9.29. The summed E-state index contributed by atoms with van der Waals surface area (Å²) in [6, 6.07) is -0.173. The van der Waals surface area contributed by atoms with Crippen LogP contribution >= 0.6 is 0 Å². The molecule has 3 rings (SSSR count). The topological polar surface area (TPSA) is 58.8 Å². The van der Waals surface area contributed by atoms with Crippen molar-refractivity contribution >= 4 is 11.5 Å². The van der Waals surface area contributed by atoms with Gasteiger partial charge in [-0.3, -0.25) is 14.5 Å². The molecule has 1 aromatic rings. The lowest BCUT2D eigenvalue weighted by atomic mass is 9.99. The highest BCUT2D eigenvalue weighted by Crippen LogP contribution is 2.29. The highest BCUT2D eigenvalue weighted by molar-refractivity contribution is 5.82. The molecule has 0 N–H and O–H groups in total. The molecule has 2 atom stereocenters. The molecule has 0 saturated carbocycles. The largest absolute Gasteiger partial charge is 0.445 e. The molecule has 1 saturated heterocycles. The van der Waals surface area contributed by atoms with Crippen LogP contribution in [0.4, 0.5) is 0 Å². The van der Waals surface area contributed by atoms with E-state index in [-0.39, 0.29) is 11.9 Å². The lowest BCUT2D eigenvalue weighted by Gasteiger charge is -2.42. The highest BCUT2D eigenvalue weighted by Gasteiger charge is 2.39. The zero-order valence-corrected chi connectivity index (χ0v) is 10.5. The number of hydrogen-bond donors (Lipinski definition) is 0. The predicted molar refractivity (Wildman–Crippen MR) is 67.7 cm³/mol. The van der Waals surface area contributed by atoms with Gasteiger partial charge < -0.3 is 4.42 Å². The molecule has 0 spiro atoms. The average molecular weight is 261 g/mol. The molecule has 2 bridgehead atoms. The summed E-state index contributed by atoms with van der Waals surface area (Å²) in [5, 5.41) is 1.42. The van der Waals surface area contributed by atoms with Gasteiger partial charge in [-0.15, -0.1) is 6.58 Å². The van der Waals surface area contributed by atoms with E-state index in [0.29, 0.717) is 19.0 Å². The standard InChI is InChI=1S/C13H15N3O3/c1-2-6-19-16-11-8-15(9-12(16)17)5-3-10(11)13-14-4-7-18-13/h2-4,7,11H,1,5-6,8-9H2. The van der Waals surface area contributed by atoms with E-state index in [0.717, 1.165) is 18.7 Å². The molecule has 2 aliphatic heterocycles. The highest BCUT2D eigenvalue weighted by atomic mass is 16.7. The summed E-state index contributed by atoms with van der Waals surface area (Å²) in [6.07, 6.45) is 6.79. The van der Waals surface area contributed by atoms with Gasteiger partial charge in [0.15, 0.2) is 0 Å². The molecule has 3 heterocycles. The van der Waals surface area contributed by atoms with Crippen molar-refractivity contribution in [3.8, 4) is 0 Å². The molecule has 1 amide bonds. The minimum absolute atomic E-state index is 0.0461. The van der Waals surface area contributed by atoms with Crippen molar-refractivity contribution in [3.05, 3.63) is 37.1 Å². The summed E-state index contributed by atoms with van der Waals surface area (Å²) in [6.45, 7) is 5.75. The number of aromatic nitrogens is 1. The van der Waals surface area contributed by atoms with Crippen LogP contribution in [-0.4, -0.2) is 53.1 Å². The van der Waals surface area contributed by atoms with E-state index in [1.807, 2.05) is 6.08 Å². The molecule has 6 heteroatoms. The van der Waals surface area contributed by atoms with Crippen LogP contribution in [-0.2, 0) is 9.63 Å². The second-order valence-corrected chi connectivity index (χ2v) is 4.51. The number of nitrogens with zero attached hydrogens (tertiary/aromatic N) is 3. The summed E-state index contributed by atoms with van der Waals surface area (Å²) in [5.41, 5.74) is 0.901. The van der Waals surface area contributed by atoms with Crippen LogP contribution in [0.15, 0.2) is 35.6 Å². The van der Waals surface area contributed by atoms with Crippen molar-refractivity contribution in [1.29, 1.82) is 0 Å². The van der Waals surface area contributed by atoms with Crippen LogP contribution in [0, 0.1) is 0 Å². The third-order valence-electron chi connectivity index (χ3n) is 3.26. The van der Waals surface area contributed by atoms with Crippen molar-refractivity contribution in [1.82, 2.24) is 14.9 Å². The monoisotopic (exact) mass is 261 g/mol. The smallest absolute Gasteiger partial charge is 0.260 e. The Labute approximate surface area is 110 Å². The summed E-state index contributed by atoms with van der Waals surface area (Å²) < 4.78 is 5.34. The minimum Gasteiger partial charge on any atom is -0.445 e. The zero-order valence-electron chi connectivity index (χ0n) is 10.5. The lowest BCUT2D eigenvalue weighted by molar-refractivity contribution is -0.200. The Bertz CT molecular complexity index is 509. The van der Waals surface area contributed by atoms with Crippen molar-refractivity contribution in [3.63, 3.8) is 0 Å². The molecule has 1 aromatic heterocycles. The van der Waals surface area contributed by atoms with Crippen molar-refractivity contribution < 1.29 is 14.0 Å². The Balaban J connectivity index is 1.89. The molecule has 0 radical (unpaired) electrons. The van der Waals surface area contributed by atoms with E-state index in [2.05, 4.69) is 16.5 Å². The van der Waals surface area contributed by atoms with E-state index in [4.69, 9.17) is 9.25 Å². The Morgan fingerprint density at radius 2 is 2.53 bits per heavy atom. The van der Waals surface area contributed by atoms with Crippen LogP contribution in [0.2, 0.25) is 0 Å². The maximum Gasteiger partial charge on any atom is 0.260 e. The number of carbonyl (C=O) groups excluding carboxylic acids is 1. The summed E-state index contributed by atoms with van der Waals surface area (Å²) in [7, 11) is 0. The minimum atomic E-state index is -0.173. The van der Waals surface area contributed by atoms with Gasteiger partial charge in [0.1, 0.15) is 12.3 Å². The number of hydrogen-bond acceptors (Lipinski definition) is 5. The predicted octanol–water partition coefficient (Wildman–Crippen LogP) is 0.702. The Morgan fingerprint density at radius 1 is 1.63 bits per heavy atom. The molecule has 6 nitrogen and oxygen atoms in total. The normalized spacial score (nSPS) is 26.2. The number of rotatable bonds is 4. The molecule has 2 aliphatic rings. The summed E-state index contributed by atoms with van der Waals surface area (Å²) in [4.78, 5) is 23.8. The van der Waals surface area contributed by atoms with Crippen LogP contribution in [0.3, 0.4) is 0 Å². The van der Waals surface area contributed by atoms with E-state index >= 15 is 0 Å². The molecular formula is C13H15N3O3. The SMILES string of the molecule is C=CCON1C(=O)CN2CC=C(c3ncco3)C1C2. The maximum absolute atomic E-state index is 12.1. The van der Waals surface area contributed by atoms with Gasteiger partial charge in [0.2, 0.25) is 5.89 Å². The van der Waals surface area contributed by atoms with Crippen LogP contribution in [0.1, 0.15) is 5.89 Å². The molecule has 1 fully saturated rings. The first kappa shape index (κ1) is 12.1. The second-order valence-electron chi connectivity index (χ2n) is 4.51. The van der Waals surface area contributed by atoms with Crippen LogP contribution in [0.25, 0.3) is 5.57 Å². The Morgan fingerprint density at radius 3 is 3.26 bits per heavy atom. The number of hydroxylamine groups is 2. The van der Waals surface area contributed by atoms with Crippen LogP contribution < -0.4 is 0 Å². The zero-order chi connectivity index (χ0) is 13.2. The van der Waals surface area contributed by atoms with E-state index < -0.39 is 0 Å². The van der Waals surface area contributed by atoms with Gasteiger partial charge in [0, 0.05) is 18.7 Å². The fraction of sp³-hybridized carbons (Fsp3) is 0.385. The van der Waals surface area contributed by atoms with E-state index in [1.54, 1.807) is 12.3 Å². The third kappa shape index (κ3) is 2.20. The van der Waals surface area contributed by atoms with Gasteiger partial charge in [0.25, 0.3) is 5.91 Å². The van der Waals surface area contributed by atoms with E-state index in [9.17, 15) is 4.79 Å². The molecular weight excluding hydrogens is 246 g/mol.